The van der Waals surface area contributed by atoms with Gasteiger partial charge in [0.05, 0.1) is 23.9 Å². The molecule has 0 fully saturated rings. The molecule has 8 heteroatoms. The van der Waals surface area contributed by atoms with Crippen molar-refractivity contribution in [1.82, 2.24) is 29.2 Å². The molecule has 0 spiro atoms. The Morgan fingerprint density at radius 1 is 1.29 bits per heavy atom. The molecule has 0 N–H and O–H groups in total. The molecule has 0 saturated heterocycles. The second-order valence-corrected chi connectivity index (χ2v) is 6.46. The Bertz CT molecular complexity index is 846. The average molecular weight is 327 g/mol. The van der Waals surface area contributed by atoms with Crippen molar-refractivity contribution in [3.05, 3.63) is 35.3 Å². The third-order valence-electron chi connectivity index (χ3n) is 4.97. The fourth-order valence-electron chi connectivity index (χ4n) is 3.58. The molecule has 126 valence electrons. The van der Waals surface area contributed by atoms with Gasteiger partial charge in [-0.2, -0.15) is 10.1 Å². The molecule has 4 heterocycles. The Morgan fingerprint density at radius 3 is 2.88 bits per heavy atom. The van der Waals surface area contributed by atoms with Crippen LogP contribution in [0.5, 0.6) is 0 Å². The van der Waals surface area contributed by atoms with E-state index in [9.17, 15) is 4.79 Å². The van der Waals surface area contributed by atoms with E-state index >= 15 is 0 Å². The first-order valence-corrected chi connectivity index (χ1v) is 8.13. The van der Waals surface area contributed by atoms with E-state index in [1.807, 2.05) is 43.8 Å². The lowest BCUT2D eigenvalue weighted by molar-refractivity contribution is -0.129. The summed E-state index contributed by atoms with van der Waals surface area (Å²) in [5.74, 6) is 1.77. The third-order valence-corrected chi connectivity index (χ3v) is 4.97. The highest BCUT2D eigenvalue weighted by atomic mass is 16.2. The molecule has 1 atom stereocenters. The second-order valence-electron chi connectivity index (χ2n) is 6.46. The maximum absolute atomic E-state index is 13.2. The van der Waals surface area contributed by atoms with Gasteiger partial charge in [0.2, 0.25) is 5.95 Å². The van der Waals surface area contributed by atoms with Crippen LogP contribution in [0.25, 0.3) is 0 Å². The number of hydrogen-bond donors (Lipinski definition) is 0. The number of aromatic nitrogens is 5. The predicted molar refractivity (Wildman–Crippen MR) is 88.2 cm³/mol. The van der Waals surface area contributed by atoms with E-state index in [2.05, 4.69) is 19.6 Å². The van der Waals surface area contributed by atoms with Crippen LogP contribution in [0.3, 0.4) is 0 Å². The van der Waals surface area contributed by atoms with Gasteiger partial charge in [-0.15, -0.1) is 0 Å². The van der Waals surface area contributed by atoms with Crippen LogP contribution in [0.4, 0.5) is 5.95 Å². The molecule has 24 heavy (non-hydrogen) atoms. The predicted octanol–water partition coefficient (Wildman–Crippen LogP) is 1.11. The number of imidazole rings is 1. The van der Waals surface area contributed by atoms with Gasteiger partial charge in [-0.3, -0.25) is 4.79 Å². The minimum atomic E-state index is -0.130. The smallest absolute Gasteiger partial charge is 0.254 e. The van der Waals surface area contributed by atoms with Crippen LogP contribution in [0.15, 0.2) is 23.8 Å². The lowest BCUT2D eigenvalue weighted by Gasteiger charge is -2.35. The molecular formula is C16H21N7O. The highest BCUT2D eigenvalue weighted by Crippen LogP contribution is 2.33. The molecule has 8 nitrogen and oxygen atoms in total. The zero-order valence-corrected chi connectivity index (χ0v) is 14.4. The molecule has 2 aromatic rings. The van der Waals surface area contributed by atoms with Gasteiger partial charge in [0.25, 0.3) is 5.91 Å². The van der Waals surface area contributed by atoms with Gasteiger partial charge < -0.3 is 14.4 Å². The van der Waals surface area contributed by atoms with Crippen molar-refractivity contribution in [1.29, 1.82) is 0 Å². The van der Waals surface area contributed by atoms with E-state index in [4.69, 9.17) is 0 Å². The van der Waals surface area contributed by atoms with Crippen LogP contribution in [0.1, 0.15) is 31.4 Å². The fraction of sp³-hybridized carbons (Fsp3) is 0.500. The number of fused-ring (bicyclic) bond motifs is 2. The largest absolute Gasteiger partial charge is 0.331 e. The van der Waals surface area contributed by atoms with Crippen molar-refractivity contribution in [2.75, 3.05) is 18.5 Å². The van der Waals surface area contributed by atoms with E-state index < -0.39 is 0 Å². The van der Waals surface area contributed by atoms with Gasteiger partial charge >= 0.3 is 0 Å². The molecule has 0 aliphatic carbocycles. The van der Waals surface area contributed by atoms with Gasteiger partial charge in [0, 0.05) is 32.0 Å². The number of hydrogen-bond acceptors (Lipinski definition) is 5. The summed E-state index contributed by atoms with van der Waals surface area (Å²) < 4.78 is 3.93. The first-order chi connectivity index (χ1) is 11.5. The van der Waals surface area contributed by atoms with Crippen molar-refractivity contribution in [3.63, 3.8) is 0 Å². The Morgan fingerprint density at radius 2 is 2.08 bits per heavy atom. The first kappa shape index (κ1) is 14.9. The maximum atomic E-state index is 13.2. The Hall–Kier alpha value is -2.64. The monoisotopic (exact) mass is 327 g/mol. The summed E-state index contributed by atoms with van der Waals surface area (Å²) in [5, 5.41) is 4.28. The zero-order chi connectivity index (χ0) is 17.0. The molecule has 1 amide bonds. The van der Waals surface area contributed by atoms with Crippen molar-refractivity contribution in [3.8, 4) is 0 Å². The van der Waals surface area contributed by atoms with Crippen LogP contribution >= 0.6 is 0 Å². The molecule has 4 rings (SSSR count). The Kier molecular flexibility index (Phi) is 3.22. The SMILES string of the molecule is CC1=C(C(=O)N2CCn3cc(C)nc3C2)C(C)n2ncnc2N1C. The van der Waals surface area contributed by atoms with Gasteiger partial charge in [0.15, 0.2) is 0 Å². The summed E-state index contributed by atoms with van der Waals surface area (Å²) >= 11 is 0. The third kappa shape index (κ3) is 2.05. The zero-order valence-electron chi connectivity index (χ0n) is 14.4. The highest BCUT2D eigenvalue weighted by Gasteiger charge is 2.35. The Balaban J connectivity index is 1.66. The number of carbonyl (C=O) groups is 1. The van der Waals surface area contributed by atoms with E-state index in [-0.39, 0.29) is 11.9 Å². The number of carbonyl (C=O) groups excluding carboxylic acids is 1. The Labute approximate surface area is 140 Å². The summed E-state index contributed by atoms with van der Waals surface area (Å²) in [4.78, 5) is 25.8. The van der Waals surface area contributed by atoms with Crippen LogP contribution in [-0.4, -0.2) is 48.7 Å². The number of amides is 1. The normalized spacial score (nSPS) is 20.2. The molecule has 0 radical (unpaired) electrons. The lowest BCUT2D eigenvalue weighted by Crippen LogP contribution is -2.43. The van der Waals surface area contributed by atoms with E-state index in [0.717, 1.165) is 35.3 Å². The van der Waals surface area contributed by atoms with Gasteiger partial charge in [-0.25, -0.2) is 9.67 Å². The van der Waals surface area contributed by atoms with Gasteiger partial charge in [-0.05, 0) is 20.8 Å². The standard InChI is InChI=1S/C16H21N7O/c1-10-7-21-5-6-22(8-13(21)19-10)15(24)14-11(2)20(4)16-17-9-18-23(16)12(14)3/h7,9,12H,5-6,8H2,1-4H3. The molecule has 2 aliphatic rings. The summed E-state index contributed by atoms with van der Waals surface area (Å²) in [7, 11) is 1.92. The highest BCUT2D eigenvalue weighted by molar-refractivity contribution is 5.96. The quantitative estimate of drug-likeness (QED) is 0.784. The van der Waals surface area contributed by atoms with Crippen molar-refractivity contribution in [2.24, 2.45) is 0 Å². The number of allylic oxidation sites excluding steroid dienone is 1. The van der Waals surface area contributed by atoms with E-state index in [1.54, 1.807) is 4.68 Å². The minimum Gasteiger partial charge on any atom is -0.331 e. The number of aryl methyl sites for hydroxylation is 1. The lowest BCUT2D eigenvalue weighted by atomic mass is 10.0. The molecule has 1 unspecified atom stereocenters. The minimum absolute atomic E-state index is 0.0555. The molecule has 0 saturated carbocycles. The number of nitrogens with zero attached hydrogens (tertiary/aromatic N) is 7. The van der Waals surface area contributed by atoms with Crippen LogP contribution < -0.4 is 4.90 Å². The van der Waals surface area contributed by atoms with Crippen molar-refractivity contribution < 1.29 is 4.79 Å². The van der Waals surface area contributed by atoms with Crippen LogP contribution in [0, 0.1) is 6.92 Å². The number of rotatable bonds is 1. The van der Waals surface area contributed by atoms with Crippen LogP contribution in [0.2, 0.25) is 0 Å². The van der Waals surface area contributed by atoms with Gasteiger partial charge in [-0.1, -0.05) is 0 Å². The molecule has 0 bridgehead atoms. The summed E-state index contributed by atoms with van der Waals surface area (Å²) in [6.07, 6.45) is 3.57. The van der Waals surface area contributed by atoms with Crippen LogP contribution in [-0.2, 0) is 17.9 Å². The summed E-state index contributed by atoms with van der Waals surface area (Å²) in [6, 6.07) is -0.130. The molecular weight excluding hydrogens is 306 g/mol. The average Bonchev–Trinajstić information content (AvgIpc) is 3.17. The summed E-state index contributed by atoms with van der Waals surface area (Å²) in [5.41, 5.74) is 2.69. The number of anilines is 1. The van der Waals surface area contributed by atoms with Crippen molar-refractivity contribution >= 4 is 11.9 Å². The van der Waals surface area contributed by atoms with Crippen molar-refractivity contribution in [2.45, 2.75) is 39.9 Å². The molecule has 2 aromatic heterocycles. The van der Waals surface area contributed by atoms with E-state index in [0.29, 0.717) is 13.1 Å². The topological polar surface area (TPSA) is 72.1 Å². The maximum Gasteiger partial charge on any atom is 0.254 e. The van der Waals surface area contributed by atoms with Gasteiger partial charge in [0.1, 0.15) is 12.2 Å². The molecule has 2 aliphatic heterocycles. The summed E-state index contributed by atoms with van der Waals surface area (Å²) in [6.45, 7) is 7.97. The van der Waals surface area contributed by atoms with E-state index in [1.165, 1.54) is 6.33 Å². The molecule has 0 aromatic carbocycles. The second kappa shape index (κ2) is 5.19. The first-order valence-electron chi connectivity index (χ1n) is 8.13. The fourth-order valence-corrected chi connectivity index (χ4v) is 3.58.